The van der Waals surface area contributed by atoms with E-state index < -0.39 is 83.5 Å². The summed E-state index contributed by atoms with van der Waals surface area (Å²) in [7, 11) is -14.7. The van der Waals surface area contributed by atoms with E-state index in [-0.39, 0.29) is 197 Å². The lowest BCUT2D eigenvalue weighted by molar-refractivity contribution is -0.442. The van der Waals surface area contributed by atoms with Gasteiger partial charge in [0.25, 0.3) is 42.2 Å². The zero-order chi connectivity index (χ0) is 81.2. The van der Waals surface area contributed by atoms with E-state index in [2.05, 4.69) is 0 Å². The molecule has 0 aliphatic carbocycles. The van der Waals surface area contributed by atoms with Gasteiger partial charge in [0.05, 0.1) is 198 Å². The number of amides is 2. The summed E-state index contributed by atoms with van der Waals surface area (Å²) in [5.74, 6) is -1.95. The molecule has 3 aliphatic heterocycles. The van der Waals surface area contributed by atoms with Crippen LogP contribution >= 0.6 is 0 Å². The van der Waals surface area contributed by atoms with Crippen LogP contribution in [0.3, 0.4) is 0 Å². The van der Waals surface area contributed by atoms with Crippen molar-refractivity contribution in [3.63, 3.8) is 0 Å². The Labute approximate surface area is 654 Å². The first-order chi connectivity index (χ1) is 53.6. The molecule has 2 amide bonds. The van der Waals surface area contributed by atoms with Crippen LogP contribution in [0.15, 0.2) is 104 Å². The molecule has 3 heterocycles. The molecule has 2 unspecified atom stereocenters. The Hall–Kier alpha value is -6.26. The molecular weight excluding hydrogens is 1560 g/mol. The van der Waals surface area contributed by atoms with Gasteiger partial charge < -0.3 is 85.5 Å². The Bertz CT molecular complexity index is 4330. The Morgan fingerprint density at radius 3 is 1.31 bits per heavy atom. The van der Waals surface area contributed by atoms with Crippen molar-refractivity contribution in [3.8, 4) is 0 Å². The number of hydrogen-bond acceptors (Lipinski definition) is 29. The molecule has 3 N–H and O–H groups in total. The number of methoxy groups -OCH3 is 3. The Balaban J connectivity index is 1.23. The molecule has 4 aromatic carbocycles. The van der Waals surface area contributed by atoms with Gasteiger partial charge >= 0.3 is 5.97 Å². The Morgan fingerprint density at radius 2 is 0.857 bits per heavy atom. The van der Waals surface area contributed by atoms with Gasteiger partial charge in [-0.3, -0.25) is 23.2 Å². The van der Waals surface area contributed by atoms with Crippen molar-refractivity contribution < 1.29 is 147 Å². The molecule has 3 aliphatic rings. The third-order valence-electron chi connectivity index (χ3n) is 18.2. The molecule has 4 aromatic rings. The lowest BCUT2D eigenvalue weighted by atomic mass is 9.75. The minimum absolute atomic E-state index is 0.0208. The van der Waals surface area contributed by atoms with Crippen molar-refractivity contribution in [1.29, 1.82) is 0 Å². The molecular formula is C74H106N3O31S4+. The number of sulfone groups is 1. The molecule has 0 saturated carbocycles. The maximum Gasteiger partial charge on any atom is 0.335 e. The lowest BCUT2D eigenvalue weighted by Crippen LogP contribution is -2.33. The van der Waals surface area contributed by atoms with Crippen molar-refractivity contribution in [2.24, 2.45) is 0 Å². The number of benzene rings is 4. The summed E-state index contributed by atoms with van der Waals surface area (Å²) in [6.45, 7) is 10.9. The summed E-state index contributed by atoms with van der Waals surface area (Å²) in [5.41, 5.74) is 0.917. The topological polar surface area (TPSA) is 415 Å². The fourth-order valence-electron chi connectivity index (χ4n) is 12.8. The molecule has 0 spiro atoms. The number of imide groups is 1. The van der Waals surface area contributed by atoms with Gasteiger partial charge in [0.1, 0.15) is 11.5 Å². The largest absolute Gasteiger partial charge is 0.382 e. The average molecular weight is 1660 g/mol. The lowest BCUT2D eigenvalue weighted by Gasteiger charge is -2.31. The first kappa shape index (κ1) is 92.9. The highest BCUT2D eigenvalue weighted by Gasteiger charge is 2.50. The fraction of sp³-hybridized carbons (Fsp3) is 0.595. The van der Waals surface area contributed by atoms with Crippen LogP contribution in [0.25, 0.3) is 21.5 Å². The van der Waals surface area contributed by atoms with E-state index >= 15 is 0 Å². The Morgan fingerprint density at radius 1 is 0.455 bits per heavy atom. The third kappa shape index (κ3) is 27.7. The number of carbonyl (C=O) groups is 3. The second-order valence-electron chi connectivity index (χ2n) is 26.0. The van der Waals surface area contributed by atoms with E-state index in [4.69, 9.17) is 80.6 Å². The standard InChI is InChI=1S/C74H105N3O31S4/c1-73(19-24-96-35-40-104-47-44-100-31-28-92-3)66(75(62-14-12-58-60(71(62)73)52-56(110(83,84)85)54-64(58)109(6,81)82)21-26-98-38-43-107-51-50-103-39-34-95-23-18-70(80)108-77-68(78)16-17-69(77)79)10-8-7-9-11-67-74(2,20-25-97-36-41-105-48-45-101-32-29-93-4)72-61-53-57(111(86,87)88)55-65(112(89,90)91)59(61)13-15-63(72)76(67)22-27-99-37-42-106-49-46-102-33-30-94-5/h7-15,52-55H,16-51H2,1-6H3,(H2-,83,84,85,86,87,88,89,90,91)/p+1. The number of fused-ring (bicyclic) bond motifs is 6. The van der Waals surface area contributed by atoms with E-state index in [1.54, 1.807) is 57.8 Å². The third-order valence-corrected chi connectivity index (χ3v) is 21.9. The smallest absolute Gasteiger partial charge is 0.335 e. The molecule has 38 heteroatoms. The van der Waals surface area contributed by atoms with Gasteiger partial charge in [-0.1, -0.05) is 24.3 Å². The number of carbonyl (C=O) groups excluding carboxylic acids is 3. The van der Waals surface area contributed by atoms with Crippen molar-refractivity contribution in [2.45, 2.75) is 76.4 Å². The summed E-state index contributed by atoms with van der Waals surface area (Å²) in [5, 5.41) is 0.942. The highest BCUT2D eigenvalue weighted by atomic mass is 32.2. The highest BCUT2D eigenvalue weighted by molar-refractivity contribution is 7.91. The average Bonchev–Trinajstić information content (AvgIpc) is 1.55. The summed E-state index contributed by atoms with van der Waals surface area (Å²) >= 11 is 0. The van der Waals surface area contributed by atoms with Crippen LogP contribution in [0.4, 0.5) is 11.4 Å². The maximum absolute atomic E-state index is 13.7. The molecule has 34 nitrogen and oxygen atoms in total. The van der Waals surface area contributed by atoms with Gasteiger partial charge in [-0.2, -0.15) is 29.8 Å². The molecule has 0 radical (unpaired) electrons. The Kier molecular flexibility index (Phi) is 38.6. The highest BCUT2D eigenvalue weighted by Crippen LogP contribution is 2.54. The van der Waals surface area contributed by atoms with Crippen molar-refractivity contribution in [3.05, 3.63) is 95.7 Å². The predicted octanol–water partition coefficient (Wildman–Crippen LogP) is 5.20. The first-order valence-electron chi connectivity index (χ1n) is 36.5. The molecule has 0 bridgehead atoms. The van der Waals surface area contributed by atoms with Crippen LogP contribution in [0.5, 0.6) is 0 Å². The fourth-order valence-corrected chi connectivity index (χ4v) is 15.7. The maximum atomic E-state index is 13.7. The van der Waals surface area contributed by atoms with Crippen LogP contribution in [0, 0.1) is 0 Å². The number of hydroxylamine groups is 2. The molecule has 7 rings (SSSR count). The van der Waals surface area contributed by atoms with E-state index in [0.717, 1.165) is 12.3 Å². The number of rotatable bonds is 59. The quantitative estimate of drug-likeness (QED) is 0.0168. The molecule has 0 aromatic heterocycles. The summed E-state index contributed by atoms with van der Waals surface area (Å²) in [4.78, 5) is 39.9. The zero-order valence-corrected chi connectivity index (χ0v) is 67.5. The van der Waals surface area contributed by atoms with E-state index in [1.807, 2.05) is 35.5 Å². The van der Waals surface area contributed by atoms with Crippen molar-refractivity contribution in [1.82, 2.24) is 5.06 Å². The predicted molar refractivity (Wildman–Crippen MR) is 406 cm³/mol. The number of allylic oxidation sites excluding steroid dienone is 6. The minimum atomic E-state index is -5.13. The van der Waals surface area contributed by atoms with Gasteiger partial charge in [0.2, 0.25) is 5.69 Å². The van der Waals surface area contributed by atoms with Crippen LogP contribution in [-0.4, -0.2) is 313 Å². The molecule has 1 saturated heterocycles. The van der Waals surface area contributed by atoms with E-state index in [9.17, 15) is 61.7 Å². The van der Waals surface area contributed by atoms with Gasteiger partial charge in [-0.15, -0.1) is 5.06 Å². The molecule has 112 heavy (non-hydrogen) atoms. The summed E-state index contributed by atoms with van der Waals surface area (Å²) in [6, 6.07) is 10.5. The zero-order valence-electron chi connectivity index (χ0n) is 64.2. The minimum Gasteiger partial charge on any atom is -0.382 e. The number of nitrogens with zero attached hydrogens (tertiary/aromatic N) is 3. The van der Waals surface area contributed by atoms with Crippen molar-refractivity contribution >= 4 is 96.6 Å². The van der Waals surface area contributed by atoms with Gasteiger partial charge in [-0.25, -0.2) is 13.2 Å². The number of ether oxygens (including phenoxy) is 16. The van der Waals surface area contributed by atoms with E-state index in [1.165, 1.54) is 18.2 Å². The second-order valence-corrected chi connectivity index (χ2v) is 32.3. The monoisotopic (exact) mass is 1660 g/mol. The van der Waals surface area contributed by atoms with Crippen LogP contribution in [-0.2, 0) is 146 Å². The first-order valence-corrected chi connectivity index (χ1v) is 42.7. The summed E-state index contributed by atoms with van der Waals surface area (Å²) in [6.07, 6.45) is 10.1. The van der Waals surface area contributed by atoms with Gasteiger partial charge in [0, 0.05) is 105 Å². The van der Waals surface area contributed by atoms with Gasteiger partial charge in [-0.05, 0) is 85.5 Å². The van der Waals surface area contributed by atoms with Crippen molar-refractivity contribution in [2.75, 3.05) is 237 Å². The normalized spacial score (nSPS) is 17.4. The SMILES string of the molecule is COCCOCCOCCOCC[N+]1=C(/C=C/C=C/C=C2/N(CCOCCOCCOCCOCCC(=O)ON3C(=O)CCC3=O)c3ccc4c(S(C)(=O)=O)cc(S(=O)(=O)O)cc4c3C2(C)CCOCCOCCOCCOC)C(C)(CCOCCOCCOCCOC)c2c1ccc1c(S(=O)(=O)O)cc(S(=O)(=O)O)cc21. The second kappa shape index (κ2) is 46.5. The van der Waals surface area contributed by atoms with Crippen LogP contribution < -0.4 is 4.90 Å². The molecule has 2 atom stereocenters. The summed E-state index contributed by atoms with van der Waals surface area (Å²) < 4.78 is 230. The van der Waals surface area contributed by atoms with Crippen LogP contribution in [0.2, 0.25) is 0 Å². The molecule has 1 fully saturated rings. The molecule has 626 valence electrons. The van der Waals surface area contributed by atoms with Gasteiger partial charge in [0.15, 0.2) is 22.1 Å². The number of hydrogen-bond donors (Lipinski definition) is 3. The van der Waals surface area contributed by atoms with Crippen LogP contribution in [0.1, 0.15) is 57.1 Å². The number of anilines is 1. The van der Waals surface area contributed by atoms with E-state index in [0.29, 0.717) is 111 Å².